The number of methoxy groups -OCH3 is 1. The van der Waals surface area contributed by atoms with Gasteiger partial charge >= 0.3 is 0 Å². The third kappa shape index (κ3) is 4.31. The predicted molar refractivity (Wildman–Crippen MR) is 123 cm³/mol. The summed E-state index contributed by atoms with van der Waals surface area (Å²) < 4.78 is 5.53. The number of ether oxygens (including phenoxy) is 1. The highest BCUT2D eigenvalue weighted by atomic mass is 32.2. The maximum Gasteiger partial charge on any atom is 0.272 e. The van der Waals surface area contributed by atoms with Crippen LogP contribution in [0, 0.1) is 0 Å². The highest BCUT2D eigenvalue weighted by molar-refractivity contribution is 7.99. The molecule has 0 spiro atoms. The van der Waals surface area contributed by atoms with Gasteiger partial charge < -0.3 is 15.0 Å². The molecule has 1 fully saturated rings. The van der Waals surface area contributed by atoms with Crippen LogP contribution in [0.5, 0.6) is 5.75 Å². The number of carbonyl (C=O) groups excluding carboxylic acids is 1. The lowest BCUT2D eigenvalue weighted by Crippen LogP contribution is -2.38. The fraction of sp³-hybridized carbons (Fsp3) is 0.273. The van der Waals surface area contributed by atoms with Crippen LogP contribution in [0.1, 0.15) is 10.5 Å². The highest BCUT2D eigenvalue weighted by Gasteiger charge is 2.22. The first kappa shape index (κ1) is 19.9. The predicted octanol–water partition coefficient (Wildman–Crippen LogP) is 4.90. The molecule has 4 rings (SSSR count). The second-order valence-electron chi connectivity index (χ2n) is 6.67. The molecular formula is C22H23N3O2S2. The topological polar surface area (TPSA) is 54.5 Å². The molecule has 2 aromatic carbocycles. The lowest BCUT2D eigenvalue weighted by atomic mass is 10.1. The van der Waals surface area contributed by atoms with Crippen LogP contribution in [-0.2, 0) is 0 Å². The zero-order chi connectivity index (χ0) is 20.2. The summed E-state index contributed by atoms with van der Waals surface area (Å²) in [5.41, 5.74) is 2.95. The van der Waals surface area contributed by atoms with Gasteiger partial charge in [0.2, 0.25) is 0 Å². The van der Waals surface area contributed by atoms with E-state index in [-0.39, 0.29) is 5.91 Å². The third-order valence-corrected chi connectivity index (χ3v) is 6.56. The van der Waals surface area contributed by atoms with Crippen molar-refractivity contribution < 1.29 is 9.53 Å². The van der Waals surface area contributed by atoms with E-state index >= 15 is 0 Å². The molecule has 1 aromatic heterocycles. The Morgan fingerprint density at radius 2 is 1.97 bits per heavy atom. The first-order valence-corrected chi connectivity index (χ1v) is 11.8. The Morgan fingerprint density at radius 1 is 1.17 bits per heavy atom. The van der Waals surface area contributed by atoms with E-state index in [9.17, 15) is 4.79 Å². The van der Waals surface area contributed by atoms with Gasteiger partial charge in [-0.05, 0) is 36.6 Å². The number of aromatic nitrogens is 1. The molecule has 1 aliphatic rings. The molecule has 0 aliphatic carbocycles. The minimum absolute atomic E-state index is 0.0287. The Kier molecular flexibility index (Phi) is 6.16. The van der Waals surface area contributed by atoms with Crippen LogP contribution in [0.3, 0.4) is 0 Å². The fourth-order valence-electron chi connectivity index (χ4n) is 3.38. The molecule has 1 amide bonds. The minimum atomic E-state index is -0.0287. The number of benzene rings is 2. The Bertz CT molecular complexity index is 1040. The number of anilines is 2. The molecule has 0 bridgehead atoms. The van der Waals surface area contributed by atoms with Gasteiger partial charge in [-0.1, -0.05) is 18.2 Å². The SMILES string of the molecule is COc1cccc2c(Nc3cccc(SC)c3)cc(C(=O)N3CCSCC3)nc12. The van der Waals surface area contributed by atoms with E-state index in [1.807, 2.05) is 53.1 Å². The fourth-order valence-corrected chi connectivity index (χ4v) is 4.75. The van der Waals surface area contributed by atoms with E-state index in [4.69, 9.17) is 9.72 Å². The average molecular weight is 426 g/mol. The molecule has 5 nitrogen and oxygen atoms in total. The van der Waals surface area contributed by atoms with Crippen molar-refractivity contribution in [3.8, 4) is 5.75 Å². The Labute approximate surface area is 179 Å². The second kappa shape index (κ2) is 8.97. The van der Waals surface area contributed by atoms with Crippen LogP contribution in [0.15, 0.2) is 53.4 Å². The van der Waals surface area contributed by atoms with E-state index in [1.54, 1.807) is 18.9 Å². The number of amides is 1. The maximum absolute atomic E-state index is 13.1. The van der Waals surface area contributed by atoms with Crippen LogP contribution in [0.25, 0.3) is 10.9 Å². The van der Waals surface area contributed by atoms with Gasteiger partial charge in [-0.15, -0.1) is 11.8 Å². The van der Waals surface area contributed by atoms with Crippen LogP contribution in [0.2, 0.25) is 0 Å². The van der Waals surface area contributed by atoms with E-state index < -0.39 is 0 Å². The van der Waals surface area contributed by atoms with Gasteiger partial charge in [0.25, 0.3) is 5.91 Å². The Hall–Kier alpha value is -2.38. The van der Waals surface area contributed by atoms with Crippen molar-refractivity contribution in [3.63, 3.8) is 0 Å². The van der Waals surface area contributed by atoms with E-state index in [2.05, 4.69) is 23.7 Å². The summed E-state index contributed by atoms with van der Waals surface area (Å²) in [5, 5.41) is 4.41. The molecular weight excluding hydrogens is 402 g/mol. The standard InChI is InChI=1S/C22H23N3O2S2/c1-27-20-8-4-7-17-18(23-15-5-3-6-16(13-15)28-2)14-19(24-21(17)20)22(26)25-9-11-29-12-10-25/h3-8,13-14H,9-12H2,1-2H3,(H,23,24). The molecule has 1 saturated heterocycles. The number of nitrogens with one attached hydrogen (secondary N) is 1. The molecule has 3 aromatic rings. The van der Waals surface area contributed by atoms with Crippen molar-refractivity contribution in [1.29, 1.82) is 0 Å². The number of hydrogen-bond donors (Lipinski definition) is 1. The van der Waals surface area contributed by atoms with Gasteiger partial charge in [-0.3, -0.25) is 4.79 Å². The van der Waals surface area contributed by atoms with E-state index in [0.29, 0.717) is 17.0 Å². The van der Waals surface area contributed by atoms with Crippen molar-refractivity contribution in [3.05, 3.63) is 54.2 Å². The normalized spacial score (nSPS) is 14.1. The summed E-state index contributed by atoms with van der Waals surface area (Å²) in [6, 6.07) is 15.9. The number of rotatable bonds is 5. The Morgan fingerprint density at radius 3 is 2.72 bits per heavy atom. The van der Waals surface area contributed by atoms with Crippen LogP contribution >= 0.6 is 23.5 Å². The summed E-state index contributed by atoms with van der Waals surface area (Å²) in [5.74, 6) is 2.57. The number of nitrogens with zero attached hydrogens (tertiary/aromatic N) is 2. The van der Waals surface area contributed by atoms with E-state index in [1.165, 1.54) is 4.90 Å². The third-order valence-electron chi connectivity index (χ3n) is 4.89. The van der Waals surface area contributed by atoms with Gasteiger partial charge in [0.15, 0.2) is 0 Å². The lowest BCUT2D eigenvalue weighted by molar-refractivity contribution is 0.0767. The van der Waals surface area contributed by atoms with Crippen molar-refractivity contribution in [2.45, 2.75) is 4.90 Å². The first-order chi connectivity index (χ1) is 14.2. The van der Waals surface area contributed by atoms with E-state index in [0.717, 1.165) is 41.4 Å². The number of thioether (sulfide) groups is 2. The minimum Gasteiger partial charge on any atom is -0.494 e. The molecule has 7 heteroatoms. The number of para-hydroxylation sites is 1. The smallest absolute Gasteiger partial charge is 0.272 e. The largest absolute Gasteiger partial charge is 0.494 e. The second-order valence-corrected chi connectivity index (χ2v) is 8.78. The van der Waals surface area contributed by atoms with Gasteiger partial charge in [-0.2, -0.15) is 11.8 Å². The average Bonchev–Trinajstić information content (AvgIpc) is 2.78. The molecule has 1 N–H and O–H groups in total. The number of fused-ring (bicyclic) bond motifs is 1. The van der Waals surface area contributed by atoms with Gasteiger partial charge in [0.1, 0.15) is 17.0 Å². The summed E-state index contributed by atoms with van der Waals surface area (Å²) in [6.45, 7) is 1.52. The number of carbonyl (C=O) groups is 1. The van der Waals surface area contributed by atoms with Crippen molar-refractivity contribution in [2.75, 3.05) is 43.3 Å². The molecule has 1 aliphatic heterocycles. The van der Waals surface area contributed by atoms with Gasteiger partial charge in [-0.25, -0.2) is 4.98 Å². The summed E-state index contributed by atoms with van der Waals surface area (Å²) in [4.78, 5) is 20.9. The molecule has 2 heterocycles. The van der Waals surface area contributed by atoms with Crippen LogP contribution in [0.4, 0.5) is 11.4 Å². The molecule has 150 valence electrons. The summed E-state index contributed by atoms with van der Waals surface area (Å²) >= 11 is 3.57. The van der Waals surface area contributed by atoms with Gasteiger partial charge in [0, 0.05) is 40.6 Å². The number of hydrogen-bond acceptors (Lipinski definition) is 6. The summed E-state index contributed by atoms with van der Waals surface area (Å²) in [6.07, 6.45) is 2.06. The monoisotopic (exact) mass is 425 g/mol. The maximum atomic E-state index is 13.1. The lowest BCUT2D eigenvalue weighted by Gasteiger charge is -2.26. The zero-order valence-electron chi connectivity index (χ0n) is 16.5. The van der Waals surface area contributed by atoms with Gasteiger partial charge in [0.05, 0.1) is 12.8 Å². The molecule has 0 unspecified atom stereocenters. The van der Waals surface area contributed by atoms with Crippen molar-refractivity contribution in [2.24, 2.45) is 0 Å². The van der Waals surface area contributed by atoms with Crippen LogP contribution in [-0.4, -0.2) is 53.8 Å². The molecule has 0 radical (unpaired) electrons. The van der Waals surface area contributed by atoms with Crippen LogP contribution < -0.4 is 10.1 Å². The van der Waals surface area contributed by atoms with Crippen molar-refractivity contribution >= 4 is 51.7 Å². The molecule has 0 atom stereocenters. The first-order valence-electron chi connectivity index (χ1n) is 9.45. The molecule has 0 saturated carbocycles. The summed E-state index contributed by atoms with van der Waals surface area (Å²) in [7, 11) is 1.63. The Balaban J connectivity index is 1.79. The van der Waals surface area contributed by atoms with Crippen molar-refractivity contribution in [1.82, 2.24) is 9.88 Å². The zero-order valence-corrected chi connectivity index (χ0v) is 18.1. The number of pyridine rings is 1. The molecule has 29 heavy (non-hydrogen) atoms. The highest BCUT2D eigenvalue weighted by Crippen LogP contribution is 2.33. The quantitative estimate of drug-likeness (QED) is 0.587.